The number of rotatable bonds is 6. The predicted molar refractivity (Wildman–Crippen MR) is 86.5 cm³/mol. The van der Waals surface area contributed by atoms with Crippen molar-refractivity contribution < 1.29 is 13.5 Å². The summed E-state index contributed by atoms with van der Waals surface area (Å²) >= 11 is 3.34. The zero-order chi connectivity index (χ0) is 15.8. The van der Waals surface area contributed by atoms with E-state index in [1.165, 1.54) is 6.07 Å². The van der Waals surface area contributed by atoms with Crippen LogP contribution in [-0.4, -0.2) is 20.1 Å². The highest BCUT2D eigenvalue weighted by Gasteiger charge is 2.45. The van der Waals surface area contributed by atoms with Gasteiger partial charge in [-0.3, -0.25) is 0 Å². The summed E-state index contributed by atoms with van der Waals surface area (Å²) in [7, 11) is -3.58. The molecule has 1 fully saturated rings. The zero-order valence-corrected chi connectivity index (χ0v) is 15.0. The minimum absolute atomic E-state index is 0.114. The van der Waals surface area contributed by atoms with Gasteiger partial charge in [0, 0.05) is 11.0 Å². The average molecular weight is 376 g/mol. The Labute approximate surface area is 135 Å². The Balaban J connectivity index is 2.26. The SMILES string of the molecule is Cc1cc(CO)cc(S(=O)(=O)NCC2(C(C)C)CC2)c1Br. The number of nitrogens with one attached hydrogen (secondary N) is 1. The number of hydrogen-bond donors (Lipinski definition) is 2. The van der Waals surface area contributed by atoms with Gasteiger partial charge in [0.25, 0.3) is 0 Å². The summed E-state index contributed by atoms with van der Waals surface area (Å²) in [4.78, 5) is 0.200. The second-order valence-electron chi connectivity index (χ2n) is 6.22. The minimum atomic E-state index is -3.58. The van der Waals surface area contributed by atoms with E-state index in [9.17, 15) is 13.5 Å². The van der Waals surface area contributed by atoms with Crippen molar-refractivity contribution in [3.8, 4) is 0 Å². The van der Waals surface area contributed by atoms with E-state index >= 15 is 0 Å². The summed E-state index contributed by atoms with van der Waals surface area (Å²) in [5, 5.41) is 9.25. The van der Waals surface area contributed by atoms with Crippen LogP contribution >= 0.6 is 15.9 Å². The van der Waals surface area contributed by atoms with Crippen molar-refractivity contribution in [1.29, 1.82) is 0 Å². The lowest BCUT2D eigenvalue weighted by atomic mass is 9.93. The molecule has 1 aromatic carbocycles. The Morgan fingerprint density at radius 1 is 1.38 bits per heavy atom. The van der Waals surface area contributed by atoms with Gasteiger partial charge in [0.15, 0.2) is 0 Å². The van der Waals surface area contributed by atoms with Gasteiger partial charge in [0.05, 0.1) is 11.5 Å². The average Bonchev–Trinajstić information content (AvgIpc) is 3.20. The Morgan fingerprint density at radius 3 is 2.48 bits per heavy atom. The fourth-order valence-electron chi connectivity index (χ4n) is 2.53. The van der Waals surface area contributed by atoms with Crippen molar-refractivity contribution in [1.82, 2.24) is 4.72 Å². The lowest BCUT2D eigenvalue weighted by molar-refractivity contribution is 0.281. The van der Waals surface area contributed by atoms with Crippen molar-refractivity contribution in [2.75, 3.05) is 6.54 Å². The molecule has 0 saturated heterocycles. The number of halogens is 1. The van der Waals surface area contributed by atoms with Crippen LogP contribution in [0.5, 0.6) is 0 Å². The molecular formula is C15H22BrNO3S. The first-order valence-corrected chi connectivity index (χ1v) is 9.39. The monoisotopic (exact) mass is 375 g/mol. The Kier molecular flexibility index (Phi) is 4.83. The second kappa shape index (κ2) is 5.99. The Bertz CT molecular complexity index is 637. The van der Waals surface area contributed by atoms with E-state index in [2.05, 4.69) is 34.5 Å². The van der Waals surface area contributed by atoms with Crippen LogP contribution in [0.1, 0.15) is 37.8 Å². The maximum Gasteiger partial charge on any atom is 0.241 e. The van der Waals surface area contributed by atoms with Gasteiger partial charge in [0.1, 0.15) is 0 Å². The lowest BCUT2D eigenvalue weighted by Crippen LogP contribution is -2.33. The third-order valence-electron chi connectivity index (χ3n) is 4.48. The van der Waals surface area contributed by atoms with Crippen molar-refractivity contribution >= 4 is 26.0 Å². The third-order valence-corrected chi connectivity index (χ3v) is 7.22. The molecule has 2 rings (SSSR count). The molecule has 1 aromatic rings. The fourth-order valence-corrected chi connectivity index (χ4v) is 4.74. The van der Waals surface area contributed by atoms with E-state index < -0.39 is 10.0 Å². The third kappa shape index (κ3) is 3.50. The first kappa shape index (κ1) is 16.9. The van der Waals surface area contributed by atoms with Crippen molar-refractivity contribution in [3.05, 3.63) is 27.7 Å². The molecule has 1 saturated carbocycles. The molecule has 0 heterocycles. The molecule has 0 bridgehead atoms. The van der Waals surface area contributed by atoms with Crippen LogP contribution < -0.4 is 4.72 Å². The van der Waals surface area contributed by atoms with E-state index in [-0.39, 0.29) is 16.9 Å². The van der Waals surface area contributed by atoms with Crippen LogP contribution in [0.15, 0.2) is 21.5 Å². The summed E-state index contributed by atoms with van der Waals surface area (Å²) in [6.45, 7) is 6.38. The highest BCUT2D eigenvalue weighted by atomic mass is 79.9. The molecule has 0 radical (unpaired) electrons. The van der Waals surface area contributed by atoms with Crippen LogP contribution in [-0.2, 0) is 16.6 Å². The first-order valence-electron chi connectivity index (χ1n) is 7.11. The normalized spacial score (nSPS) is 17.2. The van der Waals surface area contributed by atoms with Crippen LogP contribution in [0.3, 0.4) is 0 Å². The van der Waals surface area contributed by atoms with Gasteiger partial charge in [-0.15, -0.1) is 0 Å². The molecule has 0 spiro atoms. The van der Waals surface area contributed by atoms with E-state index in [1.807, 2.05) is 6.92 Å². The quantitative estimate of drug-likeness (QED) is 0.802. The smallest absolute Gasteiger partial charge is 0.241 e. The van der Waals surface area contributed by atoms with Crippen molar-refractivity contribution in [3.63, 3.8) is 0 Å². The molecule has 0 aromatic heterocycles. The lowest BCUT2D eigenvalue weighted by Gasteiger charge is -2.20. The second-order valence-corrected chi connectivity index (χ2v) is 8.75. The molecule has 2 N–H and O–H groups in total. The predicted octanol–water partition coefficient (Wildman–Crippen LogP) is 2.96. The van der Waals surface area contributed by atoms with Crippen LogP contribution in [0, 0.1) is 18.3 Å². The number of aliphatic hydroxyl groups excluding tert-OH is 1. The van der Waals surface area contributed by atoms with Crippen LogP contribution in [0.25, 0.3) is 0 Å². The topological polar surface area (TPSA) is 66.4 Å². The van der Waals surface area contributed by atoms with Crippen LogP contribution in [0.4, 0.5) is 0 Å². The van der Waals surface area contributed by atoms with Crippen molar-refractivity contribution in [2.45, 2.75) is 45.1 Å². The molecule has 6 heteroatoms. The van der Waals surface area contributed by atoms with Gasteiger partial charge in [-0.05, 0) is 64.2 Å². The highest BCUT2D eigenvalue weighted by Crippen LogP contribution is 2.51. The molecule has 0 atom stereocenters. The first-order chi connectivity index (χ1) is 9.72. The largest absolute Gasteiger partial charge is 0.392 e. The molecule has 21 heavy (non-hydrogen) atoms. The molecule has 0 aliphatic heterocycles. The summed E-state index contributed by atoms with van der Waals surface area (Å²) in [6, 6.07) is 3.30. The molecule has 1 aliphatic carbocycles. The van der Waals surface area contributed by atoms with Crippen molar-refractivity contribution in [2.24, 2.45) is 11.3 Å². The molecule has 118 valence electrons. The van der Waals surface area contributed by atoms with Gasteiger partial charge < -0.3 is 5.11 Å². The molecule has 4 nitrogen and oxygen atoms in total. The standard InChI is InChI=1S/C15H22BrNO3S/c1-10(2)15(4-5-15)9-17-21(19,20)13-7-12(8-18)6-11(3)14(13)16/h6-7,10,17-18H,4-5,8-9H2,1-3H3. The fraction of sp³-hybridized carbons (Fsp3) is 0.600. The zero-order valence-electron chi connectivity index (χ0n) is 12.6. The number of aryl methyl sites for hydroxylation is 1. The summed E-state index contributed by atoms with van der Waals surface area (Å²) in [5.41, 5.74) is 1.51. The Hall–Kier alpha value is -0.430. The maximum absolute atomic E-state index is 12.5. The molecule has 0 unspecified atom stereocenters. The maximum atomic E-state index is 12.5. The van der Waals surface area contributed by atoms with Gasteiger partial charge in [-0.2, -0.15) is 0 Å². The van der Waals surface area contributed by atoms with E-state index in [0.29, 0.717) is 22.5 Å². The number of sulfonamides is 1. The number of aliphatic hydroxyl groups is 1. The molecule has 0 amide bonds. The van der Waals surface area contributed by atoms with Gasteiger partial charge >= 0.3 is 0 Å². The molecule has 1 aliphatic rings. The summed E-state index contributed by atoms with van der Waals surface area (Å²) in [6.07, 6.45) is 2.15. The summed E-state index contributed by atoms with van der Waals surface area (Å²) in [5.74, 6) is 0.467. The summed E-state index contributed by atoms with van der Waals surface area (Å²) < 4.78 is 28.4. The minimum Gasteiger partial charge on any atom is -0.392 e. The van der Waals surface area contributed by atoms with E-state index in [1.54, 1.807) is 6.07 Å². The van der Waals surface area contributed by atoms with Crippen LogP contribution in [0.2, 0.25) is 0 Å². The molecular weight excluding hydrogens is 354 g/mol. The van der Waals surface area contributed by atoms with Gasteiger partial charge in [-0.25, -0.2) is 13.1 Å². The number of benzene rings is 1. The number of hydrogen-bond acceptors (Lipinski definition) is 3. The van der Waals surface area contributed by atoms with Gasteiger partial charge in [-0.1, -0.05) is 19.9 Å². The van der Waals surface area contributed by atoms with E-state index in [0.717, 1.165) is 18.4 Å². The highest BCUT2D eigenvalue weighted by molar-refractivity contribution is 9.10. The Morgan fingerprint density at radius 2 is 2.00 bits per heavy atom. The van der Waals surface area contributed by atoms with E-state index in [4.69, 9.17) is 0 Å². The van der Waals surface area contributed by atoms with Gasteiger partial charge in [0.2, 0.25) is 10.0 Å².